The minimum absolute atomic E-state index is 0.0998. The maximum atomic E-state index is 10.2. The third-order valence-corrected chi connectivity index (χ3v) is 2.79. The second-order valence-electron chi connectivity index (χ2n) is 5.58. The highest BCUT2D eigenvalue weighted by atomic mass is 16.5. The molecule has 0 heterocycles. The lowest BCUT2D eigenvalue weighted by atomic mass is 9.95. The van der Waals surface area contributed by atoms with Crippen LogP contribution in [0.2, 0.25) is 0 Å². The average Bonchev–Trinajstić information content (AvgIpc) is 2.27. The van der Waals surface area contributed by atoms with Crippen molar-refractivity contribution in [3.63, 3.8) is 0 Å². The summed E-state index contributed by atoms with van der Waals surface area (Å²) in [5, 5.41) is 10.2. The minimum Gasteiger partial charge on any atom is -0.388 e. The molecule has 2 heteroatoms. The number of hydrogen-bond donors (Lipinski definition) is 1. The Morgan fingerprint density at radius 2 is 1.76 bits per heavy atom. The van der Waals surface area contributed by atoms with E-state index in [4.69, 9.17) is 4.74 Å². The molecular weight excluding hydrogens is 212 g/mol. The molecule has 0 aliphatic heterocycles. The summed E-state index contributed by atoms with van der Waals surface area (Å²) in [5.74, 6) is 0.208. The van der Waals surface area contributed by atoms with Crippen molar-refractivity contribution >= 4 is 0 Å². The monoisotopic (exact) mass is 236 g/mol. The summed E-state index contributed by atoms with van der Waals surface area (Å²) in [4.78, 5) is 0. The van der Waals surface area contributed by atoms with Crippen LogP contribution in [0.4, 0.5) is 0 Å². The van der Waals surface area contributed by atoms with Crippen molar-refractivity contribution in [3.8, 4) is 0 Å². The number of ether oxygens (including phenoxy) is 1. The Kier molecular flexibility index (Phi) is 5.16. The average molecular weight is 236 g/mol. The van der Waals surface area contributed by atoms with E-state index in [0.717, 1.165) is 12.0 Å². The van der Waals surface area contributed by atoms with Crippen LogP contribution in [-0.4, -0.2) is 17.3 Å². The van der Waals surface area contributed by atoms with Crippen molar-refractivity contribution in [2.24, 2.45) is 5.92 Å². The maximum absolute atomic E-state index is 10.2. The molecule has 1 rings (SSSR count). The summed E-state index contributed by atoms with van der Waals surface area (Å²) in [6.07, 6.45) is 0.465. The van der Waals surface area contributed by atoms with Gasteiger partial charge in [-0.05, 0) is 38.7 Å². The SMILES string of the molecule is CC(CCOC(C)(C)C)C(O)c1ccccc1. The predicted molar refractivity (Wildman–Crippen MR) is 70.9 cm³/mol. The Hall–Kier alpha value is -0.860. The zero-order valence-electron chi connectivity index (χ0n) is 11.3. The van der Waals surface area contributed by atoms with Gasteiger partial charge in [-0.25, -0.2) is 0 Å². The van der Waals surface area contributed by atoms with E-state index in [1.165, 1.54) is 0 Å². The van der Waals surface area contributed by atoms with Gasteiger partial charge in [-0.1, -0.05) is 37.3 Å². The van der Waals surface area contributed by atoms with Gasteiger partial charge in [0.05, 0.1) is 11.7 Å². The van der Waals surface area contributed by atoms with Gasteiger partial charge in [0.2, 0.25) is 0 Å². The third-order valence-electron chi connectivity index (χ3n) is 2.79. The molecule has 0 spiro atoms. The fourth-order valence-electron chi connectivity index (χ4n) is 1.69. The highest BCUT2D eigenvalue weighted by Crippen LogP contribution is 2.24. The normalized spacial score (nSPS) is 15.6. The quantitative estimate of drug-likeness (QED) is 0.847. The molecule has 2 unspecified atom stereocenters. The predicted octanol–water partition coefficient (Wildman–Crippen LogP) is 3.56. The summed E-state index contributed by atoms with van der Waals surface area (Å²) in [7, 11) is 0. The molecule has 0 aliphatic carbocycles. The molecular formula is C15H24O2. The largest absolute Gasteiger partial charge is 0.388 e. The van der Waals surface area contributed by atoms with Crippen LogP contribution in [0.25, 0.3) is 0 Å². The van der Waals surface area contributed by atoms with Crippen LogP contribution in [-0.2, 0) is 4.74 Å². The fraction of sp³-hybridized carbons (Fsp3) is 0.600. The zero-order valence-corrected chi connectivity index (χ0v) is 11.3. The lowest BCUT2D eigenvalue weighted by Gasteiger charge is -2.23. The highest BCUT2D eigenvalue weighted by molar-refractivity contribution is 5.17. The molecule has 2 nitrogen and oxygen atoms in total. The molecule has 1 N–H and O–H groups in total. The van der Waals surface area contributed by atoms with Crippen LogP contribution in [0.3, 0.4) is 0 Å². The molecule has 0 bridgehead atoms. The third kappa shape index (κ3) is 5.33. The molecule has 1 aromatic carbocycles. The Morgan fingerprint density at radius 3 is 2.29 bits per heavy atom. The van der Waals surface area contributed by atoms with E-state index in [1.54, 1.807) is 0 Å². The van der Waals surface area contributed by atoms with Gasteiger partial charge < -0.3 is 9.84 Å². The van der Waals surface area contributed by atoms with E-state index in [2.05, 4.69) is 6.92 Å². The molecule has 17 heavy (non-hydrogen) atoms. The van der Waals surface area contributed by atoms with Crippen molar-refractivity contribution in [1.29, 1.82) is 0 Å². The van der Waals surface area contributed by atoms with Crippen LogP contribution in [0.1, 0.15) is 45.8 Å². The van der Waals surface area contributed by atoms with Crippen LogP contribution in [0, 0.1) is 5.92 Å². The van der Waals surface area contributed by atoms with E-state index >= 15 is 0 Å². The van der Waals surface area contributed by atoms with Gasteiger partial charge in [-0.3, -0.25) is 0 Å². The van der Waals surface area contributed by atoms with Crippen LogP contribution in [0.15, 0.2) is 30.3 Å². The van der Waals surface area contributed by atoms with Crippen LogP contribution in [0.5, 0.6) is 0 Å². The highest BCUT2D eigenvalue weighted by Gasteiger charge is 2.17. The molecule has 0 saturated heterocycles. The molecule has 0 aliphatic rings. The smallest absolute Gasteiger partial charge is 0.0816 e. The van der Waals surface area contributed by atoms with Crippen molar-refractivity contribution in [2.75, 3.05) is 6.61 Å². The Labute approximate surface area is 105 Å². The van der Waals surface area contributed by atoms with Gasteiger partial charge in [0.15, 0.2) is 0 Å². The number of aliphatic hydroxyl groups is 1. The first-order valence-electron chi connectivity index (χ1n) is 6.27. The number of hydrogen-bond acceptors (Lipinski definition) is 2. The zero-order chi connectivity index (χ0) is 12.9. The molecule has 96 valence electrons. The molecule has 1 aromatic rings. The van der Waals surface area contributed by atoms with Gasteiger partial charge in [0, 0.05) is 6.61 Å². The minimum atomic E-state index is -0.403. The second-order valence-corrected chi connectivity index (χ2v) is 5.58. The maximum Gasteiger partial charge on any atom is 0.0816 e. The molecule has 0 fully saturated rings. The summed E-state index contributed by atoms with van der Waals surface area (Å²) in [6.45, 7) is 8.89. The van der Waals surface area contributed by atoms with E-state index in [1.807, 2.05) is 51.1 Å². The Balaban J connectivity index is 2.40. The van der Waals surface area contributed by atoms with Crippen LogP contribution >= 0.6 is 0 Å². The van der Waals surface area contributed by atoms with Crippen molar-refractivity contribution in [2.45, 2.75) is 45.8 Å². The van der Waals surface area contributed by atoms with Gasteiger partial charge in [-0.2, -0.15) is 0 Å². The molecule has 0 radical (unpaired) electrons. The van der Waals surface area contributed by atoms with Crippen molar-refractivity contribution in [1.82, 2.24) is 0 Å². The summed E-state index contributed by atoms with van der Waals surface area (Å²) in [5.41, 5.74) is 0.882. The first-order chi connectivity index (χ1) is 7.90. The van der Waals surface area contributed by atoms with Gasteiger partial charge in [-0.15, -0.1) is 0 Å². The van der Waals surface area contributed by atoms with E-state index in [9.17, 15) is 5.11 Å². The summed E-state index contributed by atoms with van der Waals surface area (Å²) in [6, 6.07) is 9.80. The van der Waals surface area contributed by atoms with Gasteiger partial charge >= 0.3 is 0 Å². The van der Waals surface area contributed by atoms with E-state index in [0.29, 0.717) is 6.61 Å². The Morgan fingerprint density at radius 1 is 1.18 bits per heavy atom. The number of benzene rings is 1. The van der Waals surface area contributed by atoms with Gasteiger partial charge in [0.25, 0.3) is 0 Å². The molecule has 0 amide bonds. The molecule has 0 saturated carbocycles. The van der Waals surface area contributed by atoms with Crippen molar-refractivity contribution in [3.05, 3.63) is 35.9 Å². The lowest BCUT2D eigenvalue weighted by molar-refractivity contribution is -0.0174. The first-order valence-corrected chi connectivity index (χ1v) is 6.27. The second kappa shape index (κ2) is 6.18. The van der Waals surface area contributed by atoms with Crippen LogP contribution < -0.4 is 0 Å². The standard InChI is InChI=1S/C15H24O2/c1-12(10-11-17-15(2,3)4)14(16)13-8-6-5-7-9-13/h5-9,12,14,16H,10-11H2,1-4H3. The molecule has 0 aromatic heterocycles. The first kappa shape index (κ1) is 14.2. The van der Waals surface area contributed by atoms with E-state index < -0.39 is 6.10 Å². The van der Waals surface area contributed by atoms with E-state index in [-0.39, 0.29) is 11.5 Å². The fourth-order valence-corrected chi connectivity index (χ4v) is 1.69. The lowest BCUT2D eigenvalue weighted by Crippen LogP contribution is -2.21. The Bertz CT molecular complexity index is 313. The topological polar surface area (TPSA) is 29.5 Å². The van der Waals surface area contributed by atoms with Gasteiger partial charge in [0.1, 0.15) is 0 Å². The number of rotatable bonds is 5. The summed E-state index contributed by atoms with van der Waals surface area (Å²) < 4.78 is 5.67. The number of aliphatic hydroxyl groups excluding tert-OH is 1. The summed E-state index contributed by atoms with van der Waals surface area (Å²) >= 11 is 0. The van der Waals surface area contributed by atoms with Crippen molar-refractivity contribution < 1.29 is 9.84 Å². The molecule has 2 atom stereocenters.